The Bertz CT molecular complexity index is 2290. The molecule has 0 bridgehead atoms. The first-order valence-corrected chi connectivity index (χ1v) is 28.9. The van der Waals surface area contributed by atoms with Crippen molar-refractivity contribution < 1.29 is 47.8 Å². The second kappa shape index (κ2) is 33.9. The summed E-state index contributed by atoms with van der Waals surface area (Å²) in [5, 5.41) is 11.5. The first-order valence-electron chi connectivity index (χ1n) is 28.9. The lowest BCUT2D eigenvalue weighted by molar-refractivity contribution is -0.148. The fourth-order valence-corrected chi connectivity index (χ4v) is 11.1. The molecule has 11 atom stereocenters. The molecule has 7 amide bonds. The lowest BCUT2D eigenvalue weighted by atomic mass is 9.89. The van der Waals surface area contributed by atoms with Gasteiger partial charge in [-0.05, 0) is 106 Å². The fraction of sp³-hybridized carbons (Fsp3) is 0.672. The van der Waals surface area contributed by atoms with E-state index >= 15 is 0 Å². The monoisotopic (exact) mass is 1120 g/mol. The Hall–Kier alpha value is -5.76. The highest BCUT2D eigenvalue weighted by Crippen LogP contribution is 2.30. The van der Waals surface area contributed by atoms with Gasteiger partial charge in [0.2, 0.25) is 29.5 Å². The SMILES string of the molecule is CC[C@H](C)[C@@H]([C@@H](CC(=O)N1CCC[C@H]1[C@H](OC)[C@@H](C)C(=O)N[C@H](Cc1ccccc1)C(=O)CCCc1ccc(NC(=O)[C@@H](CCCNC(N)=O)CC(=O)[C@@H](N)C(C)C)cc1)OC)N(C)C(=O)[C@H](NC(=O)[C@H](C(C)C)N(C)C)C(C)C. The topological polar surface area (TPSA) is 265 Å². The fourth-order valence-electron chi connectivity index (χ4n) is 11.1. The van der Waals surface area contributed by atoms with Crippen molar-refractivity contribution in [2.24, 2.45) is 47.0 Å². The van der Waals surface area contributed by atoms with Crippen molar-refractivity contribution in [3.8, 4) is 0 Å². The predicted octanol–water partition coefficient (Wildman–Crippen LogP) is 5.90. The summed E-state index contributed by atoms with van der Waals surface area (Å²) in [4.78, 5) is 114. The van der Waals surface area contributed by atoms with Crippen molar-refractivity contribution >= 4 is 52.8 Å². The number of methoxy groups -OCH3 is 2. The van der Waals surface area contributed by atoms with E-state index in [-0.39, 0.29) is 97.0 Å². The number of primary amides is 1. The third kappa shape index (κ3) is 20.7. The Labute approximate surface area is 477 Å². The van der Waals surface area contributed by atoms with Gasteiger partial charge in [0.1, 0.15) is 6.04 Å². The van der Waals surface area contributed by atoms with E-state index in [1.54, 1.807) is 43.0 Å². The van der Waals surface area contributed by atoms with Gasteiger partial charge in [-0.3, -0.25) is 38.5 Å². The number of aryl methyl sites for hydroxylation is 1. The number of carbonyl (C=O) groups is 8. The van der Waals surface area contributed by atoms with Crippen molar-refractivity contribution in [3.63, 3.8) is 0 Å². The molecular weight excluding hydrogens is 1020 g/mol. The Morgan fingerprint density at radius 1 is 0.750 bits per heavy atom. The summed E-state index contributed by atoms with van der Waals surface area (Å²) in [6, 6.07) is 12.4. The van der Waals surface area contributed by atoms with Crippen LogP contribution in [0.4, 0.5) is 10.5 Å². The van der Waals surface area contributed by atoms with Gasteiger partial charge in [-0.15, -0.1) is 0 Å². The minimum atomic E-state index is -0.835. The number of rotatable bonds is 35. The van der Waals surface area contributed by atoms with Crippen molar-refractivity contribution in [2.45, 2.75) is 181 Å². The van der Waals surface area contributed by atoms with Crippen LogP contribution in [0, 0.1) is 35.5 Å². The van der Waals surface area contributed by atoms with Gasteiger partial charge in [0, 0.05) is 58.8 Å². The van der Waals surface area contributed by atoms with Crippen molar-refractivity contribution in [1.29, 1.82) is 0 Å². The number of Topliss-reactive ketones (excluding diaryl/α,β-unsaturated/α-hetero) is 2. The van der Waals surface area contributed by atoms with Crippen LogP contribution in [-0.4, -0.2) is 159 Å². The number of urea groups is 1. The Morgan fingerprint density at radius 2 is 1.40 bits per heavy atom. The highest BCUT2D eigenvalue weighted by molar-refractivity contribution is 5.96. The zero-order valence-corrected chi connectivity index (χ0v) is 50.6. The molecule has 0 unspecified atom stereocenters. The second-order valence-electron chi connectivity index (χ2n) is 23.3. The molecule has 1 heterocycles. The summed E-state index contributed by atoms with van der Waals surface area (Å²) in [7, 11) is 8.49. The van der Waals surface area contributed by atoms with Crippen LogP contribution in [-0.2, 0) is 55.9 Å². The van der Waals surface area contributed by atoms with E-state index in [1.165, 1.54) is 7.11 Å². The van der Waals surface area contributed by atoms with Crippen LogP contribution in [0.3, 0.4) is 0 Å². The van der Waals surface area contributed by atoms with Gasteiger partial charge >= 0.3 is 6.03 Å². The van der Waals surface area contributed by atoms with Gasteiger partial charge < -0.3 is 52.0 Å². The summed E-state index contributed by atoms with van der Waals surface area (Å²) in [6.07, 6.45) is 2.83. The molecule has 448 valence electrons. The number of anilines is 1. The average molecular weight is 1120 g/mol. The summed E-state index contributed by atoms with van der Waals surface area (Å²) in [5.41, 5.74) is 13.7. The lowest BCUT2D eigenvalue weighted by Gasteiger charge is -2.41. The number of likely N-dealkylation sites (tertiary alicyclic amines) is 1. The minimum Gasteiger partial charge on any atom is -0.379 e. The zero-order valence-electron chi connectivity index (χ0n) is 50.6. The zero-order chi connectivity index (χ0) is 60.0. The molecule has 3 rings (SSSR count). The summed E-state index contributed by atoms with van der Waals surface area (Å²) >= 11 is 0. The maximum Gasteiger partial charge on any atom is 0.312 e. The molecular formula is C61H99N9O10. The highest BCUT2D eigenvalue weighted by Gasteiger charge is 2.44. The number of hydrogen-bond donors (Lipinski definition) is 6. The quantitative estimate of drug-likeness (QED) is 0.0441. The number of nitrogens with zero attached hydrogens (tertiary/aromatic N) is 3. The number of ether oxygens (including phenoxy) is 2. The molecule has 0 aromatic heterocycles. The van der Waals surface area contributed by atoms with E-state index in [9.17, 15) is 38.4 Å². The van der Waals surface area contributed by atoms with Crippen LogP contribution >= 0.6 is 0 Å². The molecule has 80 heavy (non-hydrogen) atoms. The Kier molecular flexibility index (Phi) is 29.0. The second-order valence-corrected chi connectivity index (χ2v) is 23.3. The molecule has 0 saturated carbocycles. The molecule has 2 aromatic carbocycles. The number of ketones is 2. The van der Waals surface area contributed by atoms with Crippen LogP contribution < -0.4 is 32.7 Å². The first kappa shape index (κ1) is 68.5. The molecule has 1 saturated heterocycles. The van der Waals surface area contributed by atoms with Gasteiger partial charge in [-0.1, -0.05) is 111 Å². The van der Waals surface area contributed by atoms with Crippen LogP contribution in [0.5, 0.6) is 0 Å². The number of nitrogens with two attached hydrogens (primary N) is 2. The molecule has 1 fully saturated rings. The maximum atomic E-state index is 14.6. The summed E-state index contributed by atoms with van der Waals surface area (Å²) in [6.45, 7) is 18.0. The number of carbonyl (C=O) groups excluding carboxylic acids is 8. The third-order valence-corrected chi connectivity index (χ3v) is 16.0. The molecule has 1 aliphatic rings. The first-order chi connectivity index (χ1) is 37.8. The van der Waals surface area contributed by atoms with Crippen LogP contribution in [0.1, 0.15) is 131 Å². The number of amides is 7. The van der Waals surface area contributed by atoms with E-state index in [1.807, 2.05) is 117 Å². The Morgan fingerprint density at radius 3 is 1.95 bits per heavy atom. The van der Waals surface area contributed by atoms with E-state index in [2.05, 4.69) is 21.3 Å². The molecule has 8 N–H and O–H groups in total. The summed E-state index contributed by atoms with van der Waals surface area (Å²) in [5.74, 6) is -3.50. The Balaban J connectivity index is 1.73. The number of likely N-dealkylation sites (N-methyl/N-ethyl adjacent to an activating group) is 2. The van der Waals surface area contributed by atoms with Crippen LogP contribution in [0.2, 0.25) is 0 Å². The molecule has 19 heteroatoms. The third-order valence-electron chi connectivity index (χ3n) is 16.0. The summed E-state index contributed by atoms with van der Waals surface area (Å²) < 4.78 is 12.2. The molecule has 19 nitrogen and oxygen atoms in total. The smallest absolute Gasteiger partial charge is 0.312 e. The molecule has 0 spiro atoms. The van der Waals surface area contributed by atoms with E-state index in [0.29, 0.717) is 57.2 Å². The number of benzene rings is 2. The van der Waals surface area contributed by atoms with Gasteiger partial charge in [-0.2, -0.15) is 0 Å². The lowest BCUT2D eigenvalue weighted by Crippen LogP contribution is -2.59. The number of nitrogens with one attached hydrogen (secondary N) is 4. The standard InChI is InChI=1S/C61H99N9O10/c1-15-40(8)55(69(12)60(77)53(38(4)5)67-59(76)54(39(6)7)68(10)11)50(79-13)36-51(73)70-33-21-26-47(70)56(80-14)41(9)57(74)66-46(34-43-22-17-16-18-23-43)48(71)27-19-24-42-28-30-45(31-29-42)65-58(75)44(25-20-32-64-61(63)78)35-49(72)52(62)37(2)3/h16-18,22-23,28-31,37-41,44,46-47,50,52-56H,15,19-21,24-27,32-36,62H2,1-14H3,(H,65,75)(H,66,74)(H,67,76)(H3,63,64,78)/t40-,41+,44-,46+,47-,50+,52-,53+,54-,55-,56+/m0/s1. The van der Waals surface area contributed by atoms with Crippen molar-refractivity contribution in [1.82, 2.24) is 30.7 Å². The van der Waals surface area contributed by atoms with Gasteiger partial charge in [0.05, 0.1) is 54.8 Å². The average Bonchev–Trinajstić information content (AvgIpc) is 3.90. The normalized spacial score (nSPS) is 17.4. The van der Waals surface area contributed by atoms with Crippen molar-refractivity contribution in [2.75, 3.05) is 53.8 Å². The van der Waals surface area contributed by atoms with Gasteiger partial charge in [0.15, 0.2) is 11.6 Å². The van der Waals surface area contributed by atoms with Gasteiger partial charge in [-0.25, -0.2) is 4.79 Å². The predicted molar refractivity (Wildman–Crippen MR) is 313 cm³/mol. The minimum absolute atomic E-state index is 0.0132. The van der Waals surface area contributed by atoms with E-state index < -0.39 is 66.3 Å². The van der Waals surface area contributed by atoms with Gasteiger partial charge in [0.25, 0.3) is 0 Å². The van der Waals surface area contributed by atoms with Crippen LogP contribution in [0.15, 0.2) is 54.6 Å². The van der Waals surface area contributed by atoms with E-state index in [4.69, 9.17) is 20.9 Å². The molecule has 1 aliphatic heterocycles. The van der Waals surface area contributed by atoms with E-state index in [0.717, 1.165) is 11.1 Å². The van der Waals surface area contributed by atoms with Crippen LogP contribution in [0.25, 0.3) is 0 Å². The highest BCUT2D eigenvalue weighted by atomic mass is 16.5. The molecule has 2 aromatic rings. The molecule has 0 radical (unpaired) electrons. The molecule has 0 aliphatic carbocycles. The number of hydrogen-bond acceptors (Lipinski definition) is 12. The largest absolute Gasteiger partial charge is 0.379 e. The maximum absolute atomic E-state index is 14.6. The van der Waals surface area contributed by atoms with Crippen molar-refractivity contribution in [3.05, 3.63) is 65.7 Å².